The summed E-state index contributed by atoms with van der Waals surface area (Å²) in [6.45, 7) is 9.11. The molecule has 32 heavy (non-hydrogen) atoms. The fourth-order valence-corrected chi connectivity index (χ4v) is 5.18. The minimum Gasteiger partial charge on any atom is -0.465 e. The Hall–Kier alpha value is -2.76. The second kappa shape index (κ2) is 9.00. The topological polar surface area (TPSA) is 68.8 Å². The average molecular weight is 471 g/mol. The van der Waals surface area contributed by atoms with Gasteiger partial charge in [-0.15, -0.1) is 11.8 Å². The molecule has 1 aromatic carbocycles. The van der Waals surface area contributed by atoms with Crippen LogP contribution in [0, 0.1) is 6.57 Å². The molecule has 1 saturated carbocycles. The fraction of sp³-hybridized carbons (Fsp3) is 0.391. The second-order valence-electron chi connectivity index (χ2n) is 7.76. The number of rotatable bonds is 6. The van der Waals surface area contributed by atoms with Gasteiger partial charge in [-0.1, -0.05) is 11.6 Å². The van der Waals surface area contributed by atoms with Crippen LogP contribution < -0.4 is 10.3 Å². The minimum atomic E-state index is -0.412. The van der Waals surface area contributed by atoms with Crippen LogP contribution in [-0.4, -0.2) is 47.5 Å². The summed E-state index contributed by atoms with van der Waals surface area (Å²) in [5.41, 5.74) is 0.846. The number of carbonyl (C=O) groups is 1. The van der Waals surface area contributed by atoms with Crippen LogP contribution in [0.2, 0.25) is 5.02 Å². The van der Waals surface area contributed by atoms with Gasteiger partial charge in [0.1, 0.15) is 18.0 Å². The smallest absolute Gasteiger partial charge is 0.326 e. The Morgan fingerprint density at radius 2 is 2.06 bits per heavy atom. The lowest BCUT2D eigenvalue weighted by atomic mass is 9.86. The predicted molar refractivity (Wildman–Crippen MR) is 129 cm³/mol. The fourth-order valence-electron chi connectivity index (χ4n) is 4.12. The maximum atomic E-state index is 13.3. The Bertz CT molecular complexity index is 1310. The number of pyridine rings is 2. The molecule has 0 bridgehead atoms. The molecule has 1 aliphatic rings. The van der Waals surface area contributed by atoms with Crippen LogP contribution in [0.1, 0.15) is 19.8 Å². The van der Waals surface area contributed by atoms with E-state index in [-0.39, 0.29) is 30.7 Å². The molecule has 1 aliphatic carbocycles. The van der Waals surface area contributed by atoms with Gasteiger partial charge in [0.25, 0.3) is 0 Å². The van der Waals surface area contributed by atoms with Crippen LogP contribution in [0.3, 0.4) is 0 Å². The third kappa shape index (κ3) is 3.80. The van der Waals surface area contributed by atoms with Gasteiger partial charge >= 0.3 is 5.97 Å². The monoisotopic (exact) mass is 470 g/mol. The Balaban J connectivity index is 1.96. The van der Waals surface area contributed by atoms with Gasteiger partial charge in [0.05, 0.1) is 27.4 Å². The van der Waals surface area contributed by atoms with E-state index in [2.05, 4.69) is 4.85 Å². The van der Waals surface area contributed by atoms with Crippen LogP contribution in [0.5, 0.6) is 0 Å². The molecular weight excluding hydrogens is 448 g/mol. The van der Waals surface area contributed by atoms with Crippen molar-refractivity contribution < 1.29 is 9.53 Å². The Labute approximate surface area is 195 Å². The quantitative estimate of drug-likeness (QED) is 0.230. The van der Waals surface area contributed by atoms with Crippen molar-refractivity contribution in [1.82, 2.24) is 9.55 Å². The number of nitrogens with zero attached hydrogens (tertiary/aromatic N) is 4. The number of fused-ring (bicyclic) bond motifs is 2. The third-order valence-electron chi connectivity index (χ3n) is 5.94. The van der Waals surface area contributed by atoms with E-state index in [9.17, 15) is 9.59 Å². The van der Waals surface area contributed by atoms with Crippen molar-refractivity contribution >= 4 is 57.1 Å². The van der Waals surface area contributed by atoms with Crippen molar-refractivity contribution in [3.63, 3.8) is 0 Å². The Kier molecular flexibility index (Phi) is 6.31. The highest BCUT2D eigenvalue weighted by Gasteiger charge is 2.37. The summed E-state index contributed by atoms with van der Waals surface area (Å²) in [5.74, 6) is 0.278. The summed E-state index contributed by atoms with van der Waals surface area (Å²) in [4.78, 5) is 37.0. The molecule has 4 rings (SSSR count). The maximum absolute atomic E-state index is 13.3. The van der Waals surface area contributed by atoms with Gasteiger partial charge < -0.3 is 19.0 Å². The van der Waals surface area contributed by atoms with Crippen LogP contribution in [0.15, 0.2) is 34.0 Å². The molecule has 2 heterocycles. The lowest BCUT2D eigenvalue weighted by Crippen LogP contribution is -2.44. The Morgan fingerprint density at radius 3 is 2.72 bits per heavy atom. The molecule has 1 fully saturated rings. The highest BCUT2D eigenvalue weighted by Crippen LogP contribution is 2.35. The summed E-state index contributed by atoms with van der Waals surface area (Å²) >= 11 is 7.87. The Morgan fingerprint density at radius 1 is 1.34 bits per heavy atom. The van der Waals surface area contributed by atoms with Gasteiger partial charge in [-0.3, -0.25) is 9.59 Å². The van der Waals surface area contributed by atoms with Gasteiger partial charge in [0.2, 0.25) is 6.04 Å². The summed E-state index contributed by atoms with van der Waals surface area (Å²) in [6.07, 6.45) is 3.46. The number of thioether (sulfide) groups is 1. The molecule has 0 amide bonds. The van der Waals surface area contributed by atoms with Crippen molar-refractivity contribution in [2.75, 3.05) is 24.8 Å². The minimum absolute atomic E-state index is 0.0557. The molecule has 166 valence electrons. The number of hydrogen-bond donors (Lipinski definition) is 0. The SMILES string of the molecule is [C-]#[N+]C1CC(N(C)c2ccc3c(=O)c4ccc(Cl)c(SC)c4n(CC(=O)OCC)c3n2)C1. The number of esters is 1. The first-order valence-corrected chi connectivity index (χ1v) is 11.9. The van der Waals surface area contributed by atoms with Gasteiger partial charge in [-0.05, 0) is 37.4 Å². The molecule has 0 saturated heterocycles. The van der Waals surface area contributed by atoms with Crippen molar-refractivity contribution in [3.8, 4) is 0 Å². The number of ether oxygens (including phenoxy) is 1. The first-order chi connectivity index (χ1) is 15.4. The zero-order valence-corrected chi connectivity index (χ0v) is 19.7. The summed E-state index contributed by atoms with van der Waals surface area (Å²) in [5, 5.41) is 1.42. The average Bonchev–Trinajstić information content (AvgIpc) is 2.75. The largest absolute Gasteiger partial charge is 0.465 e. The highest BCUT2D eigenvalue weighted by molar-refractivity contribution is 7.99. The molecule has 0 spiro atoms. The number of halogens is 1. The van der Waals surface area contributed by atoms with Gasteiger partial charge in [-0.25, -0.2) is 11.6 Å². The van der Waals surface area contributed by atoms with E-state index in [0.717, 1.165) is 12.8 Å². The van der Waals surface area contributed by atoms with Gasteiger partial charge in [0.15, 0.2) is 5.43 Å². The summed E-state index contributed by atoms with van der Waals surface area (Å²) in [6, 6.07) is 7.26. The normalized spacial score (nSPS) is 17.7. The first kappa shape index (κ1) is 22.4. The molecule has 0 radical (unpaired) electrons. The first-order valence-electron chi connectivity index (χ1n) is 10.3. The molecule has 0 aliphatic heterocycles. The zero-order valence-electron chi connectivity index (χ0n) is 18.1. The molecule has 0 unspecified atom stereocenters. The van der Waals surface area contributed by atoms with Crippen LogP contribution in [0.25, 0.3) is 26.8 Å². The van der Waals surface area contributed by atoms with Crippen molar-refractivity contribution in [2.45, 2.75) is 43.3 Å². The van der Waals surface area contributed by atoms with Crippen molar-refractivity contribution in [2.24, 2.45) is 0 Å². The van der Waals surface area contributed by atoms with Gasteiger partial charge in [0, 0.05) is 31.3 Å². The van der Waals surface area contributed by atoms with E-state index in [4.69, 9.17) is 27.9 Å². The highest BCUT2D eigenvalue weighted by atomic mass is 35.5. The molecule has 9 heteroatoms. The molecular formula is C23H23ClN4O3S. The van der Waals surface area contributed by atoms with Crippen LogP contribution >= 0.6 is 23.4 Å². The third-order valence-corrected chi connectivity index (χ3v) is 7.18. The number of hydrogen-bond acceptors (Lipinski definition) is 6. The number of benzene rings is 1. The van der Waals surface area contributed by atoms with Crippen molar-refractivity contribution in [3.05, 3.63) is 50.9 Å². The van der Waals surface area contributed by atoms with E-state index >= 15 is 0 Å². The van der Waals surface area contributed by atoms with Crippen LogP contribution in [-0.2, 0) is 16.1 Å². The second-order valence-corrected chi connectivity index (χ2v) is 8.98. The van der Waals surface area contributed by atoms with E-state index in [0.29, 0.717) is 37.7 Å². The maximum Gasteiger partial charge on any atom is 0.326 e. The number of aromatic nitrogens is 2. The van der Waals surface area contributed by atoms with Gasteiger partial charge in [-0.2, -0.15) is 0 Å². The lowest BCUT2D eigenvalue weighted by Gasteiger charge is -2.36. The van der Waals surface area contributed by atoms with Crippen LogP contribution in [0.4, 0.5) is 5.82 Å². The standard InChI is InChI=1S/C23H23ClN4O3S/c1-5-31-19(29)12-28-20-15(6-8-17(24)22(20)32-4)21(30)16-7-9-18(26-23(16)28)27(3)14-10-13(11-14)25-2/h6-9,13-14H,5,10-12H2,1,3-4H3. The van der Waals surface area contributed by atoms with Crippen molar-refractivity contribution in [1.29, 1.82) is 0 Å². The van der Waals surface area contributed by atoms with E-state index < -0.39 is 5.97 Å². The van der Waals surface area contributed by atoms with E-state index in [1.54, 1.807) is 29.7 Å². The van der Waals surface area contributed by atoms with E-state index in [1.165, 1.54) is 11.8 Å². The summed E-state index contributed by atoms with van der Waals surface area (Å²) in [7, 11) is 1.94. The molecule has 0 atom stereocenters. The lowest BCUT2D eigenvalue weighted by molar-refractivity contribution is -0.143. The molecule has 7 nitrogen and oxygen atoms in total. The predicted octanol–water partition coefficient (Wildman–Crippen LogP) is 4.37. The molecule has 2 aromatic heterocycles. The zero-order chi connectivity index (χ0) is 23.0. The number of anilines is 1. The van der Waals surface area contributed by atoms with E-state index in [1.807, 2.05) is 24.3 Å². The molecule has 0 N–H and O–H groups in total. The number of carbonyl (C=O) groups excluding carboxylic acids is 1. The summed E-state index contributed by atoms with van der Waals surface area (Å²) < 4.78 is 6.94. The molecule has 3 aromatic rings.